The van der Waals surface area contributed by atoms with E-state index < -0.39 is 0 Å². The molecule has 0 bridgehead atoms. The monoisotopic (exact) mass is 452 g/mol. The average molecular weight is 453 g/mol. The minimum absolute atomic E-state index is 0. The standard InChI is InChI=1S/C24H32N2O2.2ClH/c1-9-27-21-15-23(5,6)25(17-19(21)3)13-11-12-14-26-18-20(4)22(28-10-2)16-24(26,7)8;;/h1-2,19-22H,15-18H2,3-8H3;2*1H. The maximum Gasteiger partial charge on any atom is 0.117 e. The first kappa shape index (κ1) is 28.0. The number of nitrogens with zero attached hydrogens (tertiary/aromatic N) is 2. The minimum atomic E-state index is -0.110. The lowest BCUT2D eigenvalue weighted by Crippen LogP contribution is -2.53. The van der Waals surface area contributed by atoms with E-state index in [4.69, 9.17) is 22.3 Å². The molecule has 2 aliphatic rings. The van der Waals surface area contributed by atoms with Crippen molar-refractivity contribution in [2.24, 2.45) is 11.8 Å². The van der Waals surface area contributed by atoms with Gasteiger partial charge in [0.25, 0.3) is 0 Å². The number of piperidine rings is 2. The number of hydrogen-bond acceptors (Lipinski definition) is 4. The van der Waals surface area contributed by atoms with E-state index in [-0.39, 0.29) is 48.1 Å². The normalized spacial score (nSPS) is 28.4. The topological polar surface area (TPSA) is 24.9 Å². The highest BCUT2D eigenvalue weighted by Crippen LogP contribution is 2.32. The third kappa shape index (κ3) is 6.78. The molecule has 6 heteroatoms. The van der Waals surface area contributed by atoms with Crippen LogP contribution in [0.2, 0.25) is 0 Å². The lowest BCUT2D eigenvalue weighted by molar-refractivity contribution is -0.00905. The van der Waals surface area contributed by atoms with Crippen molar-refractivity contribution in [3.05, 3.63) is 0 Å². The van der Waals surface area contributed by atoms with Gasteiger partial charge in [-0.05, 0) is 27.7 Å². The molecule has 0 spiro atoms. The van der Waals surface area contributed by atoms with Gasteiger partial charge in [0, 0.05) is 72.8 Å². The molecule has 2 rings (SSSR count). The number of terminal acetylenes is 2. The third-order valence-electron chi connectivity index (χ3n) is 5.96. The summed E-state index contributed by atoms with van der Waals surface area (Å²) in [4.78, 5) is 4.31. The fourth-order valence-corrected chi connectivity index (χ4v) is 3.99. The highest BCUT2D eigenvalue weighted by molar-refractivity contribution is 5.85. The van der Waals surface area contributed by atoms with Crippen molar-refractivity contribution in [2.75, 3.05) is 13.1 Å². The molecule has 0 aliphatic carbocycles. The van der Waals surface area contributed by atoms with Crippen molar-refractivity contribution in [3.8, 4) is 49.0 Å². The predicted octanol–water partition coefficient (Wildman–Crippen LogP) is 3.94. The van der Waals surface area contributed by atoms with Crippen molar-refractivity contribution in [1.82, 2.24) is 9.80 Å². The van der Waals surface area contributed by atoms with Gasteiger partial charge in [-0.1, -0.05) is 26.7 Å². The number of rotatable bonds is 2. The van der Waals surface area contributed by atoms with Crippen molar-refractivity contribution >= 4 is 24.8 Å². The first-order chi connectivity index (χ1) is 13.1. The zero-order valence-corrected chi connectivity index (χ0v) is 20.5. The van der Waals surface area contributed by atoms with E-state index in [0.717, 1.165) is 25.9 Å². The Balaban J connectivity index is 0.00000420. The Morgan fingerprint density at radius 3 is 1.37 bits per heavy atom. The summed E-state index contributed by atoms with van der Waals surface area (Å²) >= 11 is 0. The van der Waals surface area contributed by atoms with Gasteiger partial charge >= 0.3 is 0 Å². The van der Waals surface area contributed by atoms with Gasteiger partial charge in [-0.25, -0.2) is 0 Å². The smallest absolute Gasteiger partial charge is 0.117 e. The van der Waals surface area contributed by atoms with Gasteiger partial charge in [0.15, 0.2) is 0 Å². The maximum absolute atomic E-state index is 5.44. The summed E-state index contributed by atoms with van der Waals surface area (Å²) in [7, 11) is 0. The molecule has 0 amide bonds. The summed E-state index contributed by atoms with van der Waals surface area (Å²) < 4.78 is 10.9. The Morgan fingerprint density at radius 2 is 1.07 bits per heavy atom. The molecule has 0 saturated carbocycles. The summed E-state index contributed by atoms with van der Waals surface area (Å²) in [5.41, 5.74) is -0.219. The molecule has 0 aromatic heterocycles. The Morgan fingerprint density at radius 1 is 0.733 bits per heavy atom. The van der Waals surface area contributed by atoms with Gasteiger partial charge in [-0.2, -0.15) is 0 Å². The lowest BCUT2D eigenvalue weighted by atomic mass is 9.83. The van der Waals surface area contributed by atoms with Crippen molar-refractivity contribution < 1.29 is 9.47 Å². The van der Waals surface area contributed by atoms with Crippen LogP contribution in [0.1, 0.15) is 54.4 Å². The van der Waals surface area contributed by atoms with Crippen LogP contribution in [-0.2, 0) is 9.47 Å². The van der Waals surface area contributed by atoms with Crippen LogP contribution in [0, 0.1) is 60.8 Å². The van der Waals surface area contributed by atoms with E-state index >= 15 is 0 Å². The molecule has 4 nitrogen and oxygen atoms in total. The zero-order valence-electron chi connectivity index (χ0n) is 18.8. The van der Waals surface area contributed by atoms with Crippen LogP contribution in [0.4, 0.5) is 0 Å². The van der Waals surface area contributed by atoms with Gasteiger partial charge in [0.1, 0.15) is 24.4 Å². The molecular weight excluding hydrogens is 419 g/mol. The number of ether oxygens (including phenoxy) is 2. The predicted molar refractivity (Wildman–Crippen MR) is 127 cm³/mol. The average Bonchev–Trinajstić information content (AvgIpc) is 2.59. The highest BCUT2D eigenvalue weighted by Gasteiger charge is 2.39. The lowest BCUT2D eigenvalue weighted by Gasteiger charge is -2.45. The quantitative estimate of drug-likeness (QED) is 0.592. The number of likely N-dealkylation sites (tertiary alicyclic amines) is 2. The molecule has 0 aromatic carbocycles. The molecule has 4 unspecified atom stereocenters. The van der Waals surface area contributed by atoms with Crippen LogP contribution in [0.15, 0.2) is 0 Å². The molecule has 2 aliphatic heterocycles. The second kappa shape index (κ2) is 11.4. The van der Waals surface area contributed by atoms with Crippen LogP contribution in [0.5, 0.6) is 0 Å². The maximum atomic E-state index is 5.44. The van der Waals surface area contributed by atoms with Crippen molar-refractivity contribution in [3.63, 3.8) is 0 Å². The Labute approximate surface area is 195 Å². The molecule has 30 heavy (non-hydrogen) atoms. The molecule has 166 valence electrons. The van der Waals surface area contributed by atoms with Crippen LogP contribution < -0.4 is 0 Å². The van der Waals surface area contributed by atoms with Crippen LogP contribution in [0.3, 0.4) is 0 Å². The molecule has 4 atom stereocenters. The van der Waals surface area contributed by atoms with E-state index in [1.54, 1.807) is 0 Å². The van der Waals surface area contributed by atoms with Gasteiger partial charge in [-0.15, -0.1) is 24.8 Å². The first-order valence-electron chi connectivity index (χ1n) is 9.90. The van der Waals surface area contributed by atoms with Gasteiger partial charge < -0.3 is 19.3 Å². The molecule has 2 heterocycles. The van der Waals surface area contributed by atoms with Gasteiger partial charge in [-0.3, -0.25) is 0 Å². The Kier molecular flexibility index (Phi) is 10.7. The fourth-order valence-electron chi connectivity index (χ4n) is 3.99. The molecule has 2 fully saturated rings. The molecular formula is C24H34Cl2N2O2. The van der Waals surface area contributed by atoms with Crippen LogP contribution >= 0.6 is 24.8 Å². The van der Waals surface area contributed by atoms with Crippen molar-refractivity contribution in [2.45, 2.75) is 77.7 Å². The summed E-state index contributed by atoms with van der Waals surface area (Å²) in [6, 6.07) is 6.47. The third-order valence-corrected chi connectivity index (χ3v) is 5.96. The second-order valence-corrected chi connectivity index (χ2v) is 9.23. The largest absolute Gasteiger partial charge is 0.443 e. The summed E-state index contributed by atoms with van der Waals surface area (Å²) in [5, 5.41) is 0. The zero-order chi connectivity index (χ0) is 20.9. The Bertz CT molecular complexity index is 707. The van der Waals surface area contributed by atoms with E-state index in [9.17, 15) is 0 Å². The Hall–Kier alpha value is -1.98. The minimum Gasteiger partial charge on any atom is -0.443 e. The van der Waals surface area contributed by atoms with E-state index in [0.29, 0.717) is 11.8 Å². The summed E-state index contributed by atoms with van der Waals surface area (Å²) in [5.74, 6) is 6.73. The molecule has 0 N–H and O–H groups in total. The van der Waals surface area contributed by atoms with Crippen molar-refractivity contribution in [1.29, 1.82) is 0 Å². The van der Waals surface area contributed by atoms with E-state index in [1.807, 2.05) is 0 Å². The van der Waals surface area contributed by atoms with Crippen LogP contribution in [0.25, 0.3) is 0 Å². The second-order valence-electron chi connectivity index (χ2n) is 9.23. The van der Waals surface area contributed by atoms with Gasteiger partial charge in [0.2, 0.25) is 0 Å². The first-order valence-corrected chi connectivity index (χ1v) is 9.90. The van der Waals surface area contributed by atoms with E-state index in [1.165, 1.54) is 0 Å². The molecule has 0 aromatic rings. The molecule has 0 radical (unpaired) electrons. The number of halogens is 2. The van der Waals surface area contributed by atoms with E-state index in [2.05, 4.69) is 87.5 Å². The highest BCUT2D eigenvalue weighted by atomic mass is 35.5. The number of hydrogen-bond donors (Lipinski definition) is 0. The SMILES string of the molecule is C#COC1CC(C)(C)N(C#CC#CN2CC(C)C(OC#C)CC2(C)C)CC1C.Cl.Cl. The van der Waals surface area contributed by atoms with Crippen LogP contribution in [-0.4, -0.2) is 46.2 Å². The summed E-state index contributed by atoms with van der Waals surface area (Å²) in [6.45, 7) is 14.6. The molecule has 2 saturated heterocycles. The summed E-state index contributed by atoms with van der Waals surface area (Å²) in [6.07, 6.45) is 17.1. The van der Waals surface area contributed by atoms with Gasteiger partial charge in [0.05, 0.1) is 0 Å². The fraction of sp³-hybridized carbons (Fsp3) is 0.667.